The molecule has 1 aliphatic rings. The highest BCUT2D eigenvalue weighted by molar-refractivity contribution is 9.10. The maximum Gasteiger partial charge on any atom is 0.0219 e. The maximum absolute atomic E-state index is 3.59. The number of benzene rings is 2. The molecule has 3 rings (SSSR count). The first kappa shape index (κ1) is 14.6. The maximum atomic E-state index is 3.59. The van der Waals surface area contributed by atoms with Crippen molar-refractivity contribution in [2.75, 3.05) is 0 Å². The summed E-state index contributed by atoms with van der Waals surface area (Å²) >= 11 is 8.92. The molecule has 20 heavy (non-hydrogen) atoms. The van der Waals surface area contributed by atoms with Crippen LogP contribution in [0, 0.1) is 0 Å². The minimum absolute atomic E-state index is 0.734. The second-order valence-corrected chi connectivity index (χ2v) is 7.91. The van der Waals surface area contributed by atoms with Crippen LogP contribution in [0.2, 0.25) is 0 Å². The van der Waals surface area contributed by atoms with Gasteiger partial charge in [0.15, 0.2) is 0 Å². The van der Waals surface area contributed by atoms with Crippen molar-refractivity contribution in [3.8, 4) is 0 Å². The Bertz CT molecular complexity index is 611. The van der Waals surface area contributed by atoms with E-state index in [1.807, 2.05) is 11.8 Å². The van der Waals surface area contributed by atoms with Crippen LogP contribution in [0.15, 0.2) is 61.2 Å². The van der Waals surface area contributed by atoms with E-state index in [9.17, 15) is 0 Å². The SMILES string of the molecule is Brc1cccc(Sc2ccc(Br)cc2CNC2CC2)c1. The minimum atomic E-state index is 0.734. The summed E-state index contributed by atoms with van der Waals surface area (Å²) in [6.07, 6.45) is 2.64. The van der Waals surface area contributed by atoms with Crippen molar-refractivity contribution in [2.45, 2.75) is 35.2 Å². The van der Waals surface area contributed by atoms with Crippen LogP contribution in [0.1, 0.15) is 18.4 Å². The van der Waals surface area contributed by atoms with Gasteiger partial charge in [-0.15, -0.1) is 0 Å². The smallest absolute Gasteiger partial charge is 0.0219 e. The fraction of sp³-hybridized carbons (Fsp3) is 0.250. The quantitative estimate of drug-likeness (QED) is 0.684. The van der Waals surface area contributed by atoms with E-state index in [0.29, 0.717) is 0 Å². The molecule has 0 unspecified atom stereocenters. The van der Waals surface area contributed by atoms with Crippen molar-refractivity contribution in [1.82, 2.24) is 5.32 Å². The summed E-state index contributed by atoms with van der Waals surface area (Å²) < 4.78 is 2.26. The number of rotatable bonds is 5. The second kappa shape index (κ2) is 6.65. The largest absolute Gasteiger partial charge is 0.310 e. The van der Waals surface area contributed by atoms with Crippen molar-refractivity contribution in [1.29, 1.82) is 0 Å². The van der Waals surface area contributed by atoms with Gasteiger partial charge in [-0.2, -0.15) is 0 Å². The molecule has 0 heterocycles. The van der Waals surface area contributed by atoms with E-state index < -0.39 is 0 Å². The average Bonchev–Trinajstić information content (AvgIpc) is 3.23. The summed E-state index contributed by atoms with van der Waals surface area (Å²) in [6.45, 7) is 0.945. The summed E-state index contributed by atoms with van der Waals surface area (Å²) in [4.78, 5) is 2.58. The molecule has 4 heteroatoms. The Morgan fingerprint density at radius 2 is 1.85 bits per heavy atom. The van der Waals surface area contributed by atoms with Gasteiger partial charge in [0.1, 0.15) is 0 Å². The molecule has 104 valence electrons. The lowest BCUT2D eigenvalue weighted by molar-refractivity contribution is 0.680. The van der Waals surface area contributed by atoms with Crippen molar-refractivity contribution in [2.24, 2.45) is 0 Å². The van der Waals surface area contributed by atoms with E-state index in [1.54, 1.807) is 0 Å². The fourth-order valence-corrected chi connectivity index (χ4v) is 3.93. The van der Waals surface area contributed by atoms with Crippen molar-refractivity contribution in [3.05, 3.63) is 57.0 Å². The Balaban J connectivity index is 1.79. The van der Waals surface area contributed by atoms with Gasteiger partial charge >= 0.3 is 0 Å². The molecule has 1 N–H and O–H groups in total. The lowest BCUT2D eigenvalue weighted by Gasteiger charge is -2.11. The molecular formula is C16H15Br2NS. The van der Waals surface area contributed by atoms with E-state index in [-0.39, 0.29) is 0 Å². The molecule has 0 amide bonds. The predicted molar refractivity (Wildman–Crippen MR) is 92.3 cm³/mol. The molecule has 0 spiro atoms. The van der Waals surface area contributed by atoms with Gasteiger partial charge < -0.3 is 5.32 Å². The van der Waals surface area contributed by atoms with E-state index >= 15 is 0 Å². The van der Waals surface area contributed by atoms with Crippen LogP contribution in [0.3, 0.4) is 0 Å². The summed E-state index contributed by atoms with van der Waals surface area (Å²) in [7, 11) is 0. The normalized spacial score (nSPS) is 14.5. The minimum Gasteiger partial charge on any atom is -0.310 e. The lowest BCUT2D eigenvalue weighted by Crippen LogP contribution is -2.15. The molecule has 2 aromatic rings. The Labute approximate surface area is 140 Å². The zero-order valence-electron chi connectivity index (χ0n) is 10.9. The molecule has 0 atom stereocenters. The Hall–Kier alpha value is -0.290. The Morgan fingerprint density at radius 1 is 1.05 bits per heavy atom. The molecule has 1 aliphatic carbocycles. The lowest BCUT2D eigenvalue weighted by atomic mass is 10.2. The number of hydrogen-bond donors (Lipinski definition) is 1. The molecule has 0 aliphatic heterocycles. The molecule has 2 aromatic carbocycles. The standard InChI is InChI=1S/C16H15Br2NS/c17-12-2-1-3-15(9-12)20-16-7-4-13(18)8-11(16)10-19-14-5-6-14/h1-4,7-9,14,19H,5-6,10H2. The number of hydrogen-bond acceptors (Lipinski definition) is 2. The van der Waals surface area contributed by atoms with Crippen molar-refractivity contribution in [3.63, 3.8) is 0 Å². The second-order valence-electron chi connectivity index (χ2n) is 4.97. The first-order valence-electron chi connectivity index (χ1n) is 6.66. The van der Waals surface area contributed by atoms with Gasteiger partial charge in [0, 0.05) is 31.3 Å². The molecule has 0 bridgehead atoms. The van der Waals surface area contributed by atoms with Gasteiger partial charge in [-0.3, -0.25) is 0 Å². The highest BCUT2D eigenvalue weighted by atomic mass is 79.9. The fourth-order valence-electron chi connectivity index (χ4n) is 1.98. The zero-order chi connectivity index (χ0) is 13.9. The van der Waals surface area contributed by atoms with E-state index in [0.717, 1.165) is 21.5 Å². The molecule has 0 saturated heterocycles. The summed E-state index contributed by atoms with van der Waals surface area (Å²) in [5.74, 6) is 0. The van der Waals surface area contributed by atoms with Crippen LogP contribution in [0.5, 0.6) is 0 Å². The Morgan fingerprint density at radius 3 is 2.60 bits per heavy atom. The molecule has 1 fully saturated rings. The van der Waals surface area contributed by atoms with E-state index in [2.05, 4.69) is 79.6 Å². The van der Waals surface area contributed by atoms with E-state index in [1.165, 1.54) is 28.2 Å². The molecule has 1 nitrogen and oxygen atoms in total. The predicted octanol–water partition coefficient (Wildman–Crippen LogP) is 5.61. The average molecular weight is 413 g/mol. The topological polar surface area (TPSA) is 12.0 Å². The first-order chi connectivity index (χ1) is 9.70. The molecule has 0 radical (unpaired) electrons. The molecule has 1 saturated carbocycles. The van der Waals surface area contributed by atoms with Crippen LogP contribution in [0.4, 0.5) is 0 Å². The summed E-state index contributed by atoms with van der Waals surface area (Å²) in [5, 5.41) is 3.59. The summed E-state index contributed by atoms with van der Waals surface area (Å²) in [6, 6.07) is 15.7. The van der Waals surface area contributed by atoms with Crippen molar-refractivity contribution < 1.29 is 0 Å². The van der Waals surface area contributed by atoms with Gasteiger partial charge in [0.05, 0.1) is 0 Å². The number of halogens is 2. The molecular weight excluding hydrogens is 398 g/mol. The van der Waals surface area contributed by atoms with Gasteiger partial charge in [0.2, 0.25) is 0 Å². The van der Waals surface area contributed by atoms with Crippen LogP contribution in [0.25, 0.3) is 0 Å². The van der Waals surface area contributed by atoms with E-state index in [4.69, 9.17) is 0 Å². The van der Waals surface area contributed by atoms with Gasteiger partial charge in [-0.25, -0.2) is 0 Å². The monoisotopic (exact) mass is 411 g/mol. The van der Waals surface area contributed by atoms with Crippen LogP contribution in [-0.4, -0.2) is 6.04 Å². The van der Waals surface area contributed by atoms with Crippen LogP contribution in [-0.2, 0) is 6.54 Å². The van der Waals surface area contributed by atoms with Crippen LogP contribution < -0.4 is 5.32 Å². The number of nitrogens with one attached hydrogen (secondary N) is 1. The van der Waals surface area contributed by atoms with Gasteiger partial charge in [0.25, 0.3) is 0 Å². The summed E-state index contributed by atoms with van der Waals surface area (Å²) in [5.41, 5.74) is 1.36. The highest BCUT2D eigenvalue weighted by Crippen LogP contribution is 2.33. The third-order valence-electron chi connectivity index (χ3n) is 3.20. The van der Waals surface area contributed by atoms with Crippen LogP contribution >= 0.6 is 43.6 Å². The third kappa shape index (κ3) is 4.10. The highest BCUT2D eigenvalue weighted by Gasteiger charge is 2.20. The Kier molecular flexibility index (Phi) is 4.87. The van der Waals surface area contributed by atoms with Gasteiger partial charge in [-0.05, 0) is 54.8 Å². The molecule has 0 aromatic heterocycles. The zero-order valence-corrected chi connectivity index (χ0v) is 14.9. The first-order valence-corrected chi connectivity index (χ1v) is 9.06. The van der Waals surface area contributed by atoms with Gasteiger partial charge in [-0.1, -0.05) is 49.7 Å². The van der Waals surface area contributed by atoms with Crippen molar-refractivity contribution >= 4 is 43.6 Å². The third-order valence-corrected chi connectivity index (χ3v) is 5.30.